The topological polar surface area (TPSA) is 88.4 Å². The van der Waals surface area contributed by atoms with Crippen molar-refractivity contribution in [3.63, 3.8) is 0 Å². The molecule has 0 aliphatic carbocycles. The molecule has 3 saturated heterocycles. The zero-order valence-electron chi connectivity index (χ0n) is 14.3. The van der Waals surface area contributed by atoms with Crippen LogP contribution in [0, 0.1) is 0 Å². The minimum absolute atomic E-state index is 0.196. The third kappa shape index (κ3) is 2.72. The van der Waals surface area contributed by atoms with Gasteiger partial charge in [-0.05, 0) is 6.42 Å². The van der Waals surface area contributed by atoms with Crippen LogP contribution in [0.1, 0.15) is 23.9 Å². The highest BCUT2D eigenvalue weighted by molar-refractivity contribution is 5.92. The average Bonchev–Trinajstić information content (AvgIpc) is 3.27. The van der Waals surface area contributed by atoms with E-state index in [0.29, 0.717) is 45.3 Å². The zero-order chi connectivity index (χ0) is 17.4. The van der Waals surface area contributed by atoms with Crippen LogP contribution in [0.15, 0.2) is 10.6 Å². The van der Waals surface area contributed by atoms with Crippen LogP contribution >= 0.6 is 0 Å². The highest BCUT2D eigenvalue weighted by atomic mass is 16.6. The summed E-state index contributed by atoms with van der Waals surface area (Å²) in [4.78, 5) is 30.2. The van der Waals surface area contributed by atoms with Crippen molar-refractivity contribution >= 4 is 17.8 Å². The second-order valence-corrected chi connectivity index (χ2v) is 6.66. The van der Waals surface area contributed by atoms with Crippen LogP contribution in [0.4, 0.5) is 10.6 Å². The van der Waals surface area contributed by atoms with Gasteiger partial charge in [0.15, 0.2) is 5.82 Å². The molecule has 0 bridgehead atoms. The monoisotopic (exact) mass is 350 g/mol. The van der Waals surface area contributed by atoms with Gasteiger partial charge in [-0.1, -0.05) is 12.1 Å². The van der Waals surface area contributed by atoms with Crippen LogP contribution in [0.2, 0.25) is 0 Å². The summed E-state index contributed by atoms with van der Waals surface area (Å²) >= 11 is 0. The van der Waals surface area contributed by atoms with E-state index in [0.717, 1.165) is 19.5 Å². The predicted octanol–water partition coefficient (Wildman–Crippen LogP) is 0.568. The lowest BCUT2D eigenvalue weighted by atomic mass is 9.93. The first kappa shape index (κ1) is 16.2. The Balaban J connectivity index is 1.48. The molecule has 4 heterocycles. The molecular formula is C16H22N4O5. The minimum Gasteiger partial charge on any atom is -0.447 e. The molecule has 136 valence electrons. The van der Waals surface area contributed by atoms with E-state index >= 15 is 0 Å². The molecule has 1 atom stereocenters. The standard InChI is InChI=1S/C16H22N4O5/c1-2-16-10-19(3-4-20(16)15(22)24-11-16)14(21)12-9-13(17-25-12)18-5-7-23-8-6-18/h9H,2-8,10-11H2,1H3. The third-order valence-electron chi connectivity index (χ3n) is 5.32. The first-order valence-electron chi connectivity index (χ1n) is 8.66. The van der Waals surface area contributed by atoms with E-state index in [2.05, 4.69) is 5.16 Å². The van der Waals surface area contributed by atoms with Gasteiger partial charge in [0.05, 0.1) is 18.8 Å². The fraction of sp³-hybridized carbons (Fsp3) is 0.688. The van der Waals surface area contributed by atoms with Crippen molar-refractivity contribution in [1.29, 1.82) is 0 Å². The van der Waals surface area contributed by atoms with Crippen molar-refractivity contribution in [2.24, 2.45) is 0 Å². The summed E-state index contributed by atoms with van der Waals surface area (Å²) in [5, 5.41) is 4.03. The van der Waals surface area contributed by atoms with Gasteiger partial charge in [0.25, 0.3) is 5.91 Å². The van der Waals surface area contributed by atoms with Crippen molar-refractivity contribution in [2.45, 2.75) is 18.9 Å². The van der Waals surface area contributed by atoms with Gasteiger partial charge in [0.1, 0.15) is 6.61 Å². The van der Waals surface area contributed by atoms with Crippen LogP contribution in [-0.4, -0.2) is 85.0 Å². The first-order valence-corrected chi connectivity index (χ1v) is 8.66. The molecule has 4 rings (SSSR count). The summed E-state index contributed by atoms with van der Waals surface area (Å²) in [7, 11) is 0. The number of hydrogen-bond acceptors (Lipinski definition) is 7. The van der Waals surface area contributed by atoms with Crippen molar-refractivity contribution in [2.75, 3.05) is 57.4 Å². The highest BCUT2D eigenvalue weighted by Crippen LogP contribution is 2.32. The molecule has 3 aliphatic rings. The van der Waals surface area contributed by atoms with Crippen LogP contribution in [-0.2, 0) is 9.47 Å². The van der Waals surface area contributed by atoms with E-state index in [1.54, 1.807) is 15.9 Å². The molecule has 1 unspecified atom stereocenters. The normalized spacial score (nSPS) is 26.6. The van der Waals surface area contributed by atoms with Crippen LogP contribution in [0.25, 0.3) is 0 Å². The van der Waals surface area contributed by atoms with E-state index in [9.17, 15) is 9.59 Å². The molecule has 2 amide bonds. The Hall–Kier alpha value is -2.29. The van der Waals surface area contributed by atoms with Crippen molar-refractivity contribution in [1.82, 2.24) is 15.0 Å². The molecule has 3 fully saturated rings. The Morgan fingerprint density at radius 2 is 2.08 bits per heavy atom. The molecule has 0 N–H and O–H groups in total. The molecule has 0 radical (unpaired) electrons. The molecule has 9 heteroatoms. The predicted molar refractivity (Wildman–Crippen MR) is 86.5 cm³/mol. The van der Waals surface area contributed by atoms with Gasteiger partial charge >= 0.3 is 6.09 Å². The van der Waals surface area contributed by atoms with Crippen molar-refractivity contribution < 1.29 is 23.6 Å². The summed E-state index contributed by atoms with van der Waals surface area (Å²) in [6.45, 7) is 6.47. The van der Waals surface area contributed by atoms with E-state index in [1.165, 1.54) is 0 Å². The number of rotatable bonds is 3. The van der Waals surface area contributed by atoms with Crippen LogP contribution in [0.5, 0.6) is 0 Å². The van der Waals surface area contributed by atoms with Gasteiger partial charge in [-0.3, -0.25) is 9.69 Å². The SMILES string of the molecule is CCC12COC(=O)N1CCN(C(=O)c1cc(N3CCOCC3)no1)C2. The summed E-state index contributed by atoms with van der Waals surface area (Å²) in [6, 6.07) is 1.69. The van der Waals surface area contributed by atoms with E-state index < -0.39 is 5.54 Å². The molecule has 0 aromatic carbocycles. The van der Waals surface area contributed by atoms with Gasteiger partial charge in [0, 0.05) is 38.8 Å². The number of nitrogens with zero attached hydrogens (tertiary/aromatic N) is 4. The number of carbonyl (C=O) groups excluding carboxylic acids is 2. The quantitative estimate of drug-likeness (QED) is 0.787. The molecule has 0 saturated carbocycles. The minimum atomic E-state index is -0.432. The molecule has 3 aliphatic heterocycles. The van der Waals surface area contributed by atoms with Gasteiger partial charge in [-0.2, -0.15) is 0 Å². The summed E-state index contributed by atoms with van der Waals surface area (Å²) in [5.74, 6) is 0.695. The summed E-state index contributed by atoms with van der Waals surface area (Å²) in [6.07, 6.45) is 0.445. The number of carbonyl (C=O) groups is 2. The zero-order valence-corrected chi connectivity index (χ0v) is 14.3. The Morgan fingerprint density at radius 1 is 1.28 bits per heavy atom. The van der Waals surface area contributed by atoms with Crippen LogP contribution in [0.3, 0.4) is 0 Å². The number of cyclic esters (lactones) is 1. The number of piperazine rings is 1. The molecule has 1 aromatic heterocycles. The number of hydrogen-bond donors (Lipinski definition) is 0. The Kier molecular flexibility index (Phi) is 4.03. The maximum Gasteiger partial charge on any atom is 0.410 e. The average molecular weight is 350 g/mol. The lowest BCUT2D eigenvalue weighted by Crippen LogP contribution is -2.62. The fourth-order valence-corrected chi connectivity index (χ4v) is 3.70. The summed E-state index contributed by atoms with van der Waals surface area (Å²) < 4.78 is 15.8. The number of amides is 2. The van der Waals surface area contributed by atoms with Gasteiger partial charge < -0.3 is 23.8 Å². The van der Waals surface area contributed by atoms with E-state index in [1.807, 2.05) is 11.8 Å². The smallest absolute Gasteiger partial charge is 0.410 e. The van der Waals surface area contributed by atoms with E-state index in [4.69, 9.17) is 14.0 Å². The molecule has 25 heavy (non-hydrogen) atoms. The maximum atomic E-state index is 12.8. The number of aromatic nitrogens is 1. The molecular weight excluding hydrogens is 328 g/mol. The molecule has 0 spiro atoms. The third-order valence-corrected chi connectivity index (χ3v) is 5.32. The molecule has 1 aromatic rings. The van der Waals surface area contributed by atoms with E-state index in [-0.39, 0.29) is 17.8 Å². The Bertz CT molecular complexity index is 671. The van der Waals surface area contributed by atoms with Gasteiger partial charge in [-0.15, -0.1) is 0 Å². The fourth-order valence-electron chi connectivity index (χ4n) is 3.70. The van der Waals surface area contributed by atoms with Crippen LogP contribution < -0.4 is 4.90 Å². The number of anilines is 1. The number of morpholine rings is 1. The Morgan fingerprint density at radius 3 is 2.84 bits per heavy atom. The number of ether oxygens (including phenoxy) is 2. The maximum absolute atomic E-state index is 12.8. The second-order valence-electron chi connectivity index (χ2n) is 6.66. The molecule has 9 nitrogen and oxygen atoms in total. The second kappa shape index (κ2) is 6.21. The van der Waals surface area contributed by atoms with Gasteiger partial charge in [0.2, 0.25) is 5.76 Å². The highest BCUT2D eigenvalue weighted by Gasteiger charge is 2.50. The first-order chi connectivity index (χ1) is 12.1. The largest absolute Gasteiger partial charge is 0.447 e. The summed E-state index contributed by atoms with van der Waals surface area (Å²) in [5.41, 5.74) is -0.432. The number of fused-ring (bicyclic) bond motifs is 1. The van der Waals surface area contributed by atoms with Crippen molar-refractivity contribution in [3.05, 3.63) is 11.8 Å². The van der Waals surface area contributed by atoms with Crippen molar-refractivity contribution in [3.8, 4) is 0 Å². The van der Waals surface area contributed by atoms with Gasteiger partial charge in [-0.25, -0.2) is 4.79 Å². The lowest BCUT2D eigenvalue weighted by Gasteiger charge is -2.43. The Labute approximate surface area is 145 Å². The lowest BCUT2D eigenvalue weighted by molar-refractivity contribution is 0.0332.